The Balaban J connectivity index is 1.91. The number of aliphatic hydroxyl groups is 4. The van der Waals surface area contributed by atoms with Crippen LogP contribution in [0.5, 0.6) is 5.75 Å². The van der Waals surface area contributed by atoms with Crippen LogP contribution in [0.2, 0.25) is 5.02 Å². The van der Waals surface area contributed by atoms with E-state index in [0.717, 1.165) is 5.52 Å². The summed E-state index contributed by atoms with van der Waals surface area (Å²) < 4.78 is 11.6. The number of rotatable bonds is 3. The minimum absolute atomic E-state index is 0.346. The molecule has 2 aromatic rings. The van der Waals surface area contributed by atoms with Gasteiger partial charge in [-0.3, -0.25) is 0 Å². The van der Waals surface area contributed by atoms with Crippen LogP contribution in [0.4, 0.5) is 0 Å². The summed E-state index contributed by atoms with van der Waals surface area (Å²) in [6.45, 7) is -0.520. The first-order valence-corrected chi connectivity index (χ1v) is 8.03. The van der Waals surface area contributed by atoms with Crippen LogP contribution in [0.25, 0.3) is 10.9 Å². The van der Waals surface area contributed by atoms with E-state index in [2.05, 4.69) is 20.9 Å². The molecular formula is C14H15BrClNO6. The normalized spacial score (nSPS) is 31.5. The number of halogens is 2. The van der Waals surface area contributed by atoms with Crippen LogP contribution in [-0.4, -0.2) is 62.7 Å². The average Bonchev–Trinajstić information content (AvgIpc) is 2.95. The number of aromatic amines is 1. The van der Waals surface area contributed by atoms with Crippen LogP contribution in [0.15, 0.2) is 22.8 Å². The van der Waals surface area contributed by atoms with E-state index in [1.54, 1.807) is 18.3 Å². The molecule has 1 aliphatic heterocycles. The Morgan fingerprint density at radius 2 is 1.96 bits per heavy atom. The maximum Gasteiger partial charge on any atom is 0.229 e. The van der Waals surface area contributed by atoms with Gasteiger partial charge in [0.25, 0.3) is 0 Å². The zero-order valence-electron chi connectivity index (χ0n) is 11.7. The van der Waals surface area contributed by atoms with Gasteiger partial charge in [-0.1, -0.05) is 11.6 Å². The second-order valence-electron chi connectivity index (χ2n) is 5.25. The Hall–Kier alpha value is -0.870. The zero-order chi connectivity index (χ0) is 16.7. The molecule has 23 heavy (non-hydrogen) atoms. The van der Waals surface area contributed by atoms with Gasteiger partial charge < -0.3 is 34.9 Å². The maximum atomic E-state index is 10.0. The maximum absolute atomic E-state index is 10.0. The van der Waals surface area contributed by atoms with Gasteiger partial charge in [-0.2, -0.15) is 0 Å². The van der Waals surface area contributed by atoms with Gasteiger partial charge in [0, 0.05) is 10.7 Å². The zero-order valence-corrected chi connectivity index (χ0v) is 14.0. The summed E-state index contributed by atoms with van der Waals surface area (Å²) >= 11 is 9.45. The fourth-order valence-electron chi connectivity index (χ4n) is 2.51. The smallest absolute Gasteiger partial charge is 0.229 e. The van der Waals surface area contributed by atoms with E-state index >= 15 is 0 Å². The lowest BCUT2D eigenvalue weighted by atomic mass is 9.99. The van der Waals surface area contributed by atoms with Crippen molar-refractivity contribution in [3.63, 3.8) is 0 Å². The van der Waals surface area contributed by atoms with Gasteiger partial charge in [0.1, 0.15) is 30.2 Å². The molecule has 1 aliphatic rings. The lowest BCUT2D eigenvalue weighted by molar-refractivity contribution is -0.277. The Morgan fingerprint density at radius 1 is 1.22 bits per heavy atom. The van der Waals surface area contributed by atoms with Crippen LogP contribution >= 0.6 is 27.5 Å². The van der Waals surface area contributed by atoms with E-state index in [1.807, 2.05) is 0 Å². The molecule has 9 heteroatoms. The Kier molecular flexibility index (Phi) is 4.84. The molecule has 7 nitrogen and oxygen atoms in total. The Morgan fingerprint density at radius 3 is 2.65 bits per heavy atom. The monoisotopic (exact) mass is 407 g/mol. The van der Waals surface area contributed by atoms with E-state index < -0.39 is 37.3 Å². The van der Waals surface area contributed by atoms with Crippen LogP contribution in [0.3, 0.4) is 0 Å². The quantitative estimate of drug-likeness (QED) is 0.512. The number of aromatic nitrogens is 1. The molecule has 0 aliphatic carbocycles. The molecule has 5 N–H and O–H groups in total. The highest BCUT2D eigenvalue weighted by atomic mass is 79.9. The lowest BCUT2D eigenvalue weighted by Crippen LogP contribution is -2.60. The van der Waals surface area contributed by atoms with Gasteiger partial charge in [0.15, 0.2) is 0 Å². The molecule has 1 saturated heterocycles. The van der Waals surface area contributed by atoms with E-state index in [-0.39, 0.29) is 0 Å². The molecule has 0 spiro atoms. The van der Waals surface area contributed by atoms with Crippen LogP contribution in [0.1, 0.15) is 0 Å². The highest BCUT2D eigenvalue weighted by molar-refractivity contribution is 9.10. The first kappa shape index (κ1) is 17.0. The van der Waals surface area contributed by atoms with Crippen molar-refractivity contribution in [1.29, 1.82) is 0 Å². The number of H-pyrrole nitrogens is 1. The Labute approximate surface area is 144 Å². The second-order valence-corrected chi connectivity index (χ2v) is 6.45. The predicted molar refractivity (Wildman–Crippen MR) is 85.4 cm³/mol. The second kappa shape index (κ2) is 6.56. The van der Waals surface area contributed by atoms with Gasteiger partial charge in [0.05, 0.1) is 22.5 Å². The summed E-state index contributed by atoms with van der Waals surface area (Å²) in [5, 5.41) is 39.9. The van der Waals surface area contributed by atoms with Crippen LogP contribution < -0.4 is 4.74 Å². The molecule has 5 atom stereocenters. The lowest BCUT2D eigenvalue weighted by Gasteiger charge is -2.39. The molecule has 1 fully saturated rings. The molecule has 0 unspecified atom stereocenters. The van der Waals surface area contributed by atoms with Crippen molar-refractivity contribution in [2.75, 3.05) is 6.61 Å². The molecule has 1 aromatic heterocycles. The van der Waals surface area contributed by atoms with E-state index in [1.165, 1.54) is 0 Å². The SMILES string of the molecule is OC[C@H]1O[C@@H](Oc2c[nH]c3ccc(Cl)c(Br)c23)[C@H](O)[C@@H](O)[C@H]1O. The van der Waals surface area contributed by atoms with Gasteiger partial charge in [-0.25, -0.2) is 0 Å². The average molecular weight is 409 g/mol. The third-order valence-corrected chi connectivity index (χ3v) is 5.16. The van der Waals surface area contributed by atoms with E-state index in [0.29, 0.717) is 20.6 Å². The van der Waals surface area contributed by atoms with Crippen molar-refractivity contribution in [2.45, 2.75) is 30.7 Å². The van der Waals surface area contributed by atoms with Gasteiger partial charge in [-0.15, -0.1) is 0 Å². The fourth-order valence-corrected chi connectivity index (χ4v) is 3.21. The highest BCUT2D eigenvalue weighted by Crippen LogP contribution is 2.38. The van der Waals surface area contributed by atoms with E-state index in [4.69, 9.17) is 21.1 Å². The van der Waals surface area contributed by atoms with Gasteiger partial charge in [0.2, 0.25) is 6.29 Å². The molecule has 0 radical (unpaired) electrons. The number of hydrogen-bond acceptors (Lipinski definition) is 6. The number of nitrogens with one attached hydrogen (secondary N) is 1. The minimum atomic E-state index is -1.50. The first-order valence-electron chi connectivity index (χ1n) is 6.86. The number of benzene rings is 1. The molecular weight excluding hydrogens is 394 g/mol. The summed E-state index contributed by atoms with van der Waals surface area (Å²) in [6.07, 6.45) is -5.13. The van der Waals surface area contributed by atoms with Crippen LogP contribution in [0, 0.1) is 0 Å². The molecule has 2 heterocycles. The van der Waals surface area contributed by atoms with Crippen LogP contribution in [-0.2, 0) is 4.74 Å². The van der Waals surface area contributed by atoms with E-state index in [9.17, 15) is 20.4 Å². The third kappa shape index (κ3) is 2.96. The summed E-state index contributed by atoms with van der Waals surface area (Å²) in [4.78, 5) is 2.99. The minimum Gasteiger partial charge on any atom is -0.460 e. The largest absolute Gasteiger partial charge is 0.460 e. The summed E-state index contributed by atoms with van der Waals surface area (Å²) in [6, 6.07) is 3.48. The molecule has 0 bridgehead atoms. The fraction of sp³-hybridized carbons (Fsp3) is 0.429. The van der Waals surface area contributed by atoms with Crippen molar-refractivity contribution < 1.29 is 29.9 Å². The van der Waals surface area contributed by atoms with Crippen molar-refractivity contribution in [2.24, 2.45) is 0 Å². The third-order valence-electron chi connectivity index (χ3n) is 3.79. The molecule has 0 saturated carbocycles. The van der Waals surface area contributed by atoms with Crippen molar-refractivity contribution in [3.8, 4) is 5.75 Å². The van der Waals surface area contributed by atoms with Crippen molar-refractivity contribution >= 4 is 38.4 Å². The standard InChI is InChI=1S/C14H15BrClNO6/c15-10-5(16)1-2-6-9(10)7(3-17-6)22-14-13(21)12(20)11(19)8(4-18)23-14/h1-3,8,11-14,17-21H,4H2/t8-,11+,12+,13-,14-/m1/s1. The molecule has 0 amide bonds. The van der Waals surface area contributed by atoms with Gasteiger partial charge >= 0.3 is 0 Å². The molecule has 1 aromatic carbocycles. The number of aliphatic hydroxyl groups excluding tert-OH is 4. The summed E-state index contributed by atoms with van der Waals surface area (Å²) in [5.41, 5.74) is 0.751. The summed E-state index contributed by atoms with van der Waals surface area (Å²) in [5.74, 6) is 0.346. The van der Waals surface area contributed by atoms with Gasteiger partial charge in [-0.05, 0) is 28.1 Å². The number of fused-ring (bicyclic) bond motifs is 1. The topological polar surface area (TPSA) is 115 Å². The number of hydrogen-bond donors (Lipinski definition) is 5. The first-order chi connectivity index (χ1) is 10.9. The molecule has 126 valence electrons. The Bertz CT molecular complexity index is 708. The highest BCUT2D eigenvalue weighted by Gasteiger charge is 2.44. The molecule has 3 rings (SSSR count). The number of ether oxygens (including phenoxy) is 2. The summed E-state index contributed by atoms with van der Waals surface area (Å²) in [7, 11) is 0. The van der Waals surface area contributed by atoms with Crippen molar-refractivity contribution in [1.82, 2.24) is 4.98 Å². The van der Waals surface area contributed by atoms with Crippen molar-refractivity contribution in [3.05, 3.63) is 27.8 Å². The predicted octanol–water partition coefficient (Wildman–Crippen LogP) is 0.762.